The molecule has 0 amide bonds. The van der Waals surface area contributed by atoms with Gasteiger partial charge in [-0.1, -0.05) is 6.07 Å². The molecule has 2 aromatic rings. The first-order chi connectivity index (χ1) is 8.04. The summed E-state index contributed by atoms with van der Waals surface area (Å²) in [4.78, 5) is 25.3. The molecule has 5 heteroatoms. The van der Waals surface area contributed by atoms with Gasteiger partial charge in [-0.3, -0.25) is 4.79 Å². The zero-order valence-electron chi connectivity index (χ0n) is 9.33. The van der Waals surface area contributed by atoms with E-state index in [2.05, 4.69) is 9.72 Å². The Balaban J connectivity index is 2.87. The number of carbonyl (C=O) groups excluding carboxylic acids is 1. The van der Waals surface area contributed by atoms with Crippen molar-refractivity contribution in [1.29, 1.82) is 0 Å². The third-order valence-corrected chi connectivity index (χ3v) is 2.58. The van der Waals surface area contributed by atoms with Gasteiger partial charge in [0.15, 0.2) is 0 Å². The average molecular weight is 235 g/mol. The number of rotatable bonds is 1. The summed E-state index contributed by atoms with van der Waals surface area (Å²) in [6.07, 6.45) is 0. The Morgan fingerprint density at radius 3 is 2.76 bits per heavy atom. The molecule has 0 fully saturated rings. The first kappa shape index (κ1) is 11.3. The standard InChI is InChI=1S/C12H10FNO3/c1-6-3-4-8(13)10-7(6)5-9(12(16)17-2)14-11(10)15/h3-5H,1-2H3,(H,14,15). The summed E-state index contributed by atoms with van der Waals surface area (Å²) in [6, 6.07) is 4.20. The molecule has 0 saturated heterocycles. The minimum Gasteiger partial charge on any atom is -0.464 e. The molecule has 0 atom stereocenters. The van der Waals surface area contributed by atoms with Gasteiger partial charge < -0.3 is 9.72 Å². The maximum absolute atomic E-state index is 13.5. The summed E-state index contributed by atoms with van der Waals surface area (Å²) < 4.78 is 18.0. The van der Waals surface area contributed by atoms with Crippen molar-refractivity contribution in [3.05, 3.63) is 45.6 Å². The number of H-pyrrole nitrogens is 1. The molecule has 1 aromatic heterocycles. The molecule has 1 heterocycles. The lowest BCUT2D eigenvalue weighted by molar-refractivity contribution is 0.0594. The zero-order chi connectivity index (χ0) is 12.6. The minimum absolute atomic E-state index is 0.0127. The maximum atomic E-state index is 13.5. The number of halogens is 1. The van der Waals surface area contributed by atoms with Gasteiger partial charge in [-0.15, -0.1) is 0 Å². The van der Waals surface area contributed by atoms with Crippen LogP contribution < -0.4 is 5.56 Å². The molecule has 1 aromatic carbocycles. The predicted molar refractivity (Wildman–Crippen MR) is 60.6 cm³/mol. The highest BCUT2D eigenvalue weighted by Crippen LogP contribution is 2.18. The molecule has 4 nitrogen and oxygen atoms in total. The fourth-order valence-corrected chi connectivity index (χ4v) is 1.70. The summed E-state index contributed by atoms with van der Waals surface area (Å²) >= 11 is 0. The Bertz CT molecular complexity index is 661. The van der Waals surface area contributed by atoms with E-state index < -0.39 is 17.3 Å². The van der Waals surface area contributed by atoms with Crippen molar-refractivity contribution in [2.24, 2.45) is 0 Å². The first-order valence-electron chi connectivity index (χ1n) is 4.95. The predicted octanol–water partition coefficient (Wildman–Crippen LogP) is 1.76. The summed E-state index contributed by atoms with van der Waals surface area (Å²) in [7, 11) is 1.21. The van der Waals surface area contributed by atoms with Gasteiger partial charge in [0.25, 0.3) is 5.56 Å². The van der Waals surface area contributed by atoms with Crippen molar-refractivity contribution in [2.45, 2.75) is 6.92 Å². The van der Waals surface area contributed by atoms with Crippen molar-refractivity contribution < 1.29 is 13.9 Å². The number of aromatic nitrogens is 1. The Morgan fingerprint density at radius 2 is 2.12 bits per heavy atom. The summed E-state index contributed by atoms with van der Waals surface area (Å²) in [5, 5.41) is 0.367. The Morgan fingerprint density at radius 1 is 1.41 bits per heavy atom. The van der Waals surface area contributed by atoms with E-state index in [-0.39, 0.29) is 11.1 Å². The van der Waals surface area contributed by atoms with Crippen molar-refractivity contribution in [3.8, 4) is 0 Å². The van der Waals surface area contributed by atoms with E-state index in [0.717, 1.165) is 5.56 Å². The SMILES string of the molecule is COC(=O)c1cc2c(C)ccc(F)c2c(=O)[nH]1. The van der Waals surface area contributed by atoms with Gasteiger partial charge in [-0.25, -0.2) is 9.18 Å². The van der Waals surface area contributed by atoms with Gasteiger partial charge in [0, 0.05) is 0 Å². The molecule has 1 N–H and O–H groups in total. The number of ether oxygens (including phenoxy) is 1. The fourth-order valence-electron chi connectivity index (χ4n) is 1.70. The summed E-state index contributed by atoms with van der Waals surface area (Å²) in [6.45, 7) is 1.74. The van der Waals surface area contributed by atoms with Crippen LogP contribution in [0.1, 0.15) is 16.1 Å². The van der Waals surface area contributed by atoms with Crippen LogP contribution in [0.5, 0.6) is 0 Å². The maximum Gasteiger partial charge on any atom is 0.354 e. The molecule has 17 heavy (non-hydrogen) atoms. The number of nitrogens with one attached hydrogen (secondary N) is 1. The molecule has 0 spiro atoms. The Labute approximate surface area is 96.0 Å². The lowest BCUT2D eigenvalue weighted by Crippen LogP contribution is -2.15. The number of benzene rings is 1. The van der Waals surface area contributed by atoms with E-state index in [9.17, 15) is 14.0 Å². The highest BCUT2D eigenvalue weighted by molar-refractivity contribution is 5.94. The average Bonchev–Trinajstić information content (AvgIpc) is 2.32. The number of fused-ring (bicyclic) bond motifs is 1. The van der Waals surface area contributed by atoms with Gasteiger partial charge in [-0.2, -0.15) is 0 Å². The van der Waals surface area contributed by atoms with E-state index in [1.54, 1.807) is 13.0 Å². The zero-order valence-corrected chi connectivity index (χ0v) is 9.33. The fraction of sp³-hybridized carbons (Fsp3) is 0.167. The van der Waals surface area contributed by atoms with Crippen LogP contribution in [0.3, 0.4) is 0 Å². The van der Waals surface area contributed by atoms with E-state index in [4.69, 9.17) is 0 Å². The lowest BCUT2D eigenvalue weighted by atomic mass is 10.1. The van der Waals surface area contributed by atoms with Gasteiger partial charge in [-0.05, 0) is 30.0 Å². The number of esters is 1. The topological polar surface area (TPSA) is 59.2 Å². The number of aromatic amines is 1. The number of carbonyl (C=O) groups is 1. The van der Waals surface area contributed by atoms with Crippen LogP contribution in [0.15, 0.2) is 23.0 Å². The van der Waals surface area contributed by atoms with Gasteiger partial charge in [0.05, 0.1) is 12.5 Å². The molecular weight excluding hydrogens is 225 g/mol. The largest absolute Gasteiger partial charge is 0.464 e. The number of hydrogen-bond acceptors (Lipinski definition) is 3. The second-order valence-corrected chi connectivity index (χ2v) is 3.66. The van der Waals surface area contributed by atoms with E-state index in [1.165, 1.54) is 19.2 Å². The minimum atomic E-state index is -0.660. The molecular formula is C12H10FNO3. The van der Waals surface area contributed by atoms with E-state index in [0.29, 0.717) is 5.39 Å². The lowest BCUT2D eigenvalue weighted by Gasteiger charge is -2.05. The molecule has 2 rings (SSSR count). The monoisotopic (exact) mass is 235 g/mol. The normalized spacial score (nSPS) is 10.5. The van der Waals surface area contributed by atoms with Crippen LogP contribution >= 0.6 is 0 Å². The van der Waals surface area contributed by atoms with E-state index in [1.807, 2.05) is 0 Å². The quantitative estimate of drug-likeness (QED) is 0.766. The van der Waals surface area contributed by atoms with Crippen LogP contribution in [-0.4, -0.2) is 18.1 Å². The third-order valence-electron chi connectivity index (χ3n) is 2.58. The van der Waals surface area contributed by atoms with Crippen LogP contribution in [-0.2, 0) is 4.74 Å². The number of pyridine rings is 1. The molecule has 0 aliphatic carbocycles. The number of hydrogen-bond donors (Lipinski definition) is 1. The first-order valence-corrected chi connectivity index (χ1v) is 4.95. The van der Waals surface area contributed by atoms with Crippen LogP contribution in [0.25, 0.3) is 10.8 Å². The molecule has 0 aliphatic heterocycles. The second-order valence-electron chi connectivity index (χ2n) is 3.66. The Kier molecular flexibility index (Phi) is 2.67. The highest BCUT2D eigenvalue weighted by atomic mass is 19.1. The van der Waals surface area contributed by atoms with Crippen LogP contribution in [0.4, 0.5) is 4.39 Å². The van der Waals surface area contributed by atoms with Gasteiger partial charge in [0.2, 0.25) is 0 Å². The third kappa shape index (κ3) is 1.80. The van der Waals surface area contributed by atoms with E-state index >= 15 is 0 Å². The molecule has 0 aliphatic rings. The summed E-state index contributed by atoms with van der Waals surface area (Å²) in [5.74, 6) is -1.27. The molecule has 0 unspecified atom stereocenters. The molecule has 0 radical (unpaired) electrons. The summed E-state index contributed by atoms with van der Waals surface area (Å²) in [5.41, 5.74) is 0.0976. The van der Waals surface area contributed by atoms with Crippen molar-refractivity contribution in [1.82, 2.24) is 4.98 Å². The van der Waals surface area contributed by atoms with Crippen LogP contribution in [0.2, 0.25) is 0 Å². The van der Waals surface area contributed by atoms with Crippen LogP contribution in [0, 0.1) is 12.7 Å². The van der Waals surface area contributed by atoms with Gasteiger partial charge in [0.1, 0.15) is 11.5 Å². The highest BCUT2D eigenvalue weighted by Gasteiger charge is 2.13. The molecule has 0 bridgehead atoms. The molecule has 88 valence electrons. The second kappa shape index (κ2) is 4.01. The number of methoxy groups -OCH3 is 1. The smallest absolute Gasteiger partial charge is 0.354 e. The van der Waals surface area contributed by atoms with Gasteiger partial charge >= 0.3 is 5.97 Å². The molecule has 0 saturated carbocycles. The van der Waals surface area contributed by atoms with Crippen molar-refractivity contribution in [2.75, 3.05) is 7.11 Å². The van der Waals surface area contributed by atoms with Crippen molar-refractivity contribution >= 4 is 16.7 Å². The number of aryl methyl sites for hydroxylation is 1. The van der Waals surface area contributed by atoms with Crippen molar-refractivity contribution in [3.63, 3.8) is 0 Å². The Hall–Kier alpha value is -2.17.